The molecule has 2 aromatic rings. The first kappa shape index (κ1) is 15.3. The molecular weight excluding hydrogens is 269 g/mol. The second-order valence-corrected chi connectivity index (χ2v) is 4.84. The first-order chi connectivity index (χ1) is 10.1. The number of benzene rings is 2. The SMILES string of the molecule is CNC(c1ccc(F)c(C)c1)c1ccc(OC)c(OC)c1. The highest BCUT2D eigenvalue weighted by Crippen LogP contribution is 2.32. The Kier molecular flexibility index (Phi) is 4.81. The molecule has 0 heterocycles. The van der Waals surface area contributed by atoms with Crippen LogP contribution in [-0.4, -0.2) is 21.3 Å². The normalized spacial score (nSPS) is 12.0. The Morgan fingerprint density at radius 2 is 1.57 bits per heavy atom. The van der Waals surface area contributed by atoms with E-state index in [-0.39, 0.29) is 11.9 Å². The molecule has 0 aliphatic heterocycles. The second kappa shape index (κ2) is 6.59. The minimum Gasteiger partial charge on any atom is -0.493 e. The number of rotatable bonds is 5. The highest BCUT2D eigenvalue weighted by Gasteiger charge is 2.15. The summed E-state index contributed by atoms with van der Waals surface area (Å²) in [6.07, 6.45) is 0. The maximum Gasteiger partial charge on any atom is 0.161 e. The van der Waals surface area contributed by atoms with Crippen LogP contribution in [0.25, 0.3) is 0 Å². The van der Waals surface area contributed by atoms with Crippen molar-refractivity contribution < 1.29 is 13.9 Å². The lowest BCUT2D eigenvalue weighted by Gasteiger charge is -2.19. The molecule has 4 heteroatoms. The molecule has 0 radical (unpaired) electrons. The minimum atomic E-state index is -0.194. The maximum absolute atomic E-state index is 13.4. The molecule has 2 rings (SSSR count). The lowest BCUT2D eigenvalue weighted by atomic mass is 9.97. The van der Waals surface area contributed by atoms with Gasteiger partial charge in [0.25, 0.3) is 0 Å². The van der Waals surface area contributed by atoms with E-state index in [9.17, 15) is 4.39 Å². The summed E-state index contributed by atoms with van der Waals surface area (Å²) in [7, 11) is 5.09. The molecule has 0 aliphatic rings. The van der Waals surface area contributed by atoms with Crippen LogP contribution < -0.4 is 14.8 Å². The van der Waals surface area contributed by atoms with Crippen LogP contribution in [0.3, 0.4) is 0 Å². The average molecular weight is 289 g/mol. The molecule has 0 aromatic heterocycles. The predicted octanol–water partition coefficient (Wildman–Crippen LogP) is 3.46. The van der Waals surface area contributed by atoms with Gasteiger partial charge in [0, 0.05) is 0 Å². The predicted molar refractivity (Wildman–Crippen MR) is 81.6 cm³/mol. The Labute approximate surface area is 124 Å². The molecule has 1 N–H and O–H groups in total. The smallest absolute Gasteiger partial charge is 0.161 e. The van der Waals surface area contributed by atoms with Gasteiger partial charge in [-0.1, -0.05) is 18.2 Å². The van der Waals surface area contributed by atoms with Crippen LogP contribution in [0, 0.1) is 12.7 Å². The van der Waals surface area contributed by atoms with Crippen molar-refractivity contribution in [2.24, 2.45) is 0 Å². The van der Waals surface area contributed by atoms with Gasteiger partial charge in [-0.15, -0.1) is 0 Å². The Morgan fingerprint density at radius 1 is 0.952 bits per heavy atom. The summed E-state index contributed by atoms with van der Waals surface area (Å²) in [6, 6.07) is 10.9. The summed E-state index contributed by atoms with van der Waals surface area (Å²) in [4.78, 5) is 0. The van der Waals surface area contributed by atoms with Crippen molar-refractivity contribution in [1.82, 2.24) is 5.32 Å². The minimum absolute atomic E-state index is 0.0379. The van der Waals surface area contributed by atoms with Crippen molar-refractivity contribution in [3.05, 3.63) is 58.9 Å². The molecule has 1 atom stereocenters. The van der Waals surface area contributed by atoms with Crippen LogP contribution in [0.15, 0.2) is 36.4 Å². The number of ether oxygens (including phenoxy) is 2. The van der Waals surface area contributed by atoms with Gasteiger partial charge < -0.3 is 14.8 Å². The van der Waals surface area contributed by atoms with Crippen LogP contribution in [0.1, 0.15) is 22.7 Å². The van der Waals surface area contributed by atoms with Crippen molar-refractivity contribution in [2.75, 3.05) is 21.3 Å². The van der Waals surface area contributed by atoms with Gasteiger partial charge in [0.15, 0.2) is 11.5 Å². The van der Waals surface area contributed by atoms with Crippen LogP contribution in [0.2, 0.25) is 0 Å². The van der Waals surface area contributed by atoms with Gasteiger partial charge in [-0.05, 0) is 48.9 Å². The van der Waals surface area contributed by atoms with Crippen LogP contribution in [0.5, 0.6) is 11.5 Å². The van der Waals surface area contributed by atoms with Gasteiger partial charge in [-0.25, -0.2) is 4.39 Å². The van der Waals surface area contributed by atoms with Crippen molar-refractivity contribution in [3.8, 4) is 11.5 Å². The lowest BCUT2D eigenvalue weighted by Crippen LogP contribution is -2.18. The van der Waals surface area contributed by atoms with E-state index >= 15 is 0 Å². The number of nitrogens with one attached hydrogen (secondary N) is 1. The highest BCUT2D eigenvalue weighted by molar-refractivity contribution is 5.46. The average Bonchev–Trinajstić information content (AvgIpc) is 2.51. The van der Waals surface area contributed by atoms with Crippen LogP contribution in [0.4, 0.5) is 4.39 Å². The van der Waals surface area contributed by atoms with Crippen molar-refractivity contribution in [3.63, 3.8) is 0 Å². The fourth-order valence-electron chi connectivity index (χ4n) is 2.41. The first-order valence-electron chi connectivity index (χ1n) is 6.76. The molecule has 0 amide bonds. The van der Waals surface area contributed by atoms with E-state index in [2.05, 4.69) is 5.32 Å². The molecule has 3 nitrogen and oxygen atoms in total. The molecule has 2 aromatic carbocycles. The van der Waals surface area contributed by atoms with E-state index < -0.39 is 0 Å². The lowest BCUT2D eigenvalue weighted by molar-refractivity contribution is 0.354. The van der Waals surface area contributed by atoms with Crippen LogP contribution >= 0.6 is 0 Å². The van der Waals surface area contributed by atoms with E-state index in [0.29, 0.717) is 17.1 Å². The Hall–Kier alpha value is -2.07. The molecule has 0 fully saturated rings. The zero-order valence-corrected chi connectivity index (χ0v) is 12.7. The number of methoxy groups -OCH3 is 2. The molecule has 112 valence electrons. The Bertz CT molecular complexity index is 628. The quantitative estimate of drug-likeness (QED) is 0.914. The van der Waals surface area contributed by atoms with Gasteiger partial charge in [0.05, 0.1) is 20.3 Å². The number of halogens is 1. The summed E-state index contributed by atoms with van der Waals surface area (Å²) in [6.45, 7) is 1.76. The molecule has 0 saturated carbocycles. The Balaban J connectivity index is 2.43. The largest absolute Gasteiger partial charge is 0.493 e. The molecular formula is C17H20FNO2. The zero-order chi connectivity index (χ0) is 15.4. The third kappa shape index (κ3) is 3.16. The third-order valence-corrected chi connectivity index (χ3v) is 3.54. The number of aryl methyl sites for hydroxylation is 1. The summed E-state index contributed by atoms with van der Waals surface area (Å²) in [5, 5.41) is 3.25. The number of hydrogen-bond donors (Lipinski definition) is 1. The topological polar surface area (TPSA) is 30.5 Å². The molecule has 1 unspecified atom stereocenters. The van der Waals surface area contributed by atoms with Gasteiger partial charge in [0.1, 0.15) is 5.82 Å². The standard InChI is InChI=1S/C17H20FNO2/c1-11-9-12(5-7-14(11)18)17(19-2)13-6-8-15(20-3)16(10-13)21-4/h5-10,17,19H,1-4H3. The van der Waals surface area contributed by atoms with Crippen molar-refractivity contribution in [2.45, 2.75) is 13.0 Å². The molecule has 0 bridgehead atoms. The van der Waals surface area contributed by atoms with Gasteiger partial charge in [0.2, 0.25) is 0 Å². The fourth-order valence-corrected chi connectivity index (χ4v) is 2.41. The van der Waals surface area contributed by atoms with Crippen LogP contribution in [-0.2, 0) is 0 Å². The maximum atomic E-state index is 13.4. The van der Waals surface area contributed by atoms with E-state index in [1.165, 1.54) is 6.07 Å². The fraction of sp³-hybridized carbons (Fsp3) is 0.294. The van der Waals surface area contributed by atoms with E-state index in [4.69, 9.17) is 9.47 Å². The van der Waals surface area contributed by atoms with E-state index in [1.807, 2.05) is 31.3 Å². The summed E-state index contributed by atoms with van der Waals surface area (Å²) in [5.41, 5.74) is 2.66. The van der Waals surface area contributed by atoms with Gasteiger partial charge >= 0.3 is 0 Å². The highest BCUT2D eigenvalue weighted by atomic mass is 19.1. The van der Waals surface area contributed by atoms with E-state index in [1.54, 1.807) is 27.2 Å². The second-order valence-electron chi connectivity index (χ2n) is 4.84. The molecule has 0 spiro atoms. The first-order valence-corrected chi connectivity index (χ1v) is 6.76. The Morgan fingerprint density at radius 3 is 2.14 bits per heavy atom. The summed E-state index contributed by atoms with van der Waals surface area (Å²) >= 11 is 0. The van der Waals surface area contributed by atoms with Gasteiger partial charge in [-0.2, -0.15) is 0 Å². The third-order valence-electron chi connectivity index (χ3n) is 3.54. The molecule has 21 heavy (non-hydrogen) atoms. The van der Waals surface area contributed by atoms with Crippen molar-refractivity contribution >= 4 is 0 Å². The van der Waals surface area contributed by atoms with Gasteiger partial charge in [-0.3, -0.25) is 0 Å². The monoisotopic (exact) mass is 289 g/mol. The molecule has 0 saturated heterocycles. The number of hydrogen-bond acceptors (Lipinski definition) is 3. The van der Waals surface area contributed by atoms with E-state index in [0.717, 1.165) is 11.1 Å². The zero-order valence-electron chi connectivity index (χ0n) is 12.7. The molecule has 0 aliphatic carbocycles. The summed E-state index contributed by atoms with van der Waals surface area (Å²) in [5.74, 6) is 1.17. The summed E-state index contributed by atoms with van der Waals surface area (Å²) < 4.78 is 24.0. The van der Waals surface area contributed by atoms with Crippen molar-refractivity contribution in [1.29, 1.82) is 0 Å².